The second kappa shape index (κ2) is 8.89. The van der Waals surface area contributed by atoms with Gasteiger partial charge in [0.2, 0.25) is 0 Å². The van der Waals surface area contributed by atoms with Crippen molar-refractivity contribution in [1.82, 2.24) is 19.3 Å². The first-order chi connectivity index (χ1) is 17.5. The number of pyridine rings is 1. The van der Waals surface area contributed by atoms with Crippen molar-refractivity contribution in [3.63, 3.8) is 0 Å². The molecule has 4 heterocycles. The molecule has 1 saturated heterocycles. The van der Waals surface area contributed by atoms with Gasteiger partial charge >= 0.3 is 0 Å². The first-order valence-electron chi connectivity index (χ1n) is 12.2. The smallest absolute Gasteiger partial charge is 0.156 e. The van der Waals surface area contributed by atoms with Crippen molar-refractivity contribution in [1.29, 1.82) is 5.26 Å². The summed E-state index contributed by atoms with van der Waals surface area (Å²) in [6.45, 7) is 5.00. The standard InChI is InChI=1S/C29H25F2N5/c1-18-8-10-35(11-9-18)16-20-17-36-28(25-15-33-27-5-3-2-4-22(25)27)13-23(24(14-32)29(36)34-20)21-7-6-19(30)12-26(21)31/h2-7,12-13,15,17-18,33H,8-11,16H2,1H3. The molecule has 7 heteroatoms. The van der Waals surface area contributed by atoms with Crippen LogP contribution in [0.1, 0.15) is 31.0 Å². The molecule has 0 radical (unpaired) electrons. The van der Waals surface area contributed by atoms with Crippen LogP contribution in [0.15, 0.2) is 60.9 Å². The Morgan fingerprint density at radius 1 is 1.06 bits per heavy atom. The van der Waals surface area contributed by atoms with Crippen LogP contribution in [0.25, 0.3) is 38.9 Å². The molecular weight excluding hydrogens is 456 g/mol. The molecule has 0 bridgehead atoms. The van der Waals surface area contributed by atoms with Gasteiger partial charge in [-0.25, -0.2) is 13.8 Å². The Bertz CT molecular complexity index is 1630. The molecule has 1 N–H and O–H groups in total. The third-order valence-corrected chi connectivity index (χ3v) is 7.25. The lowest BCUT2D eigenvalue weighted by Crippen LogP contribution is -2.32. The van der Waals surface area contributed by atoms with Crippen LogP contribution < -0.4 is 0 Å². The zero-order valence-corrected chi connectivity index (χ0v) is 19.9. The fourth-order valence-corrected chi connectivity index (χ4v) is 5.23. The molecule has 0 aliphatic carbocycles. The van der Waals surface area contributed by atoms with E-state index in [0.29, 0.717) is 17.8 Å². The average molecular weight is 482 g/mol. The first-order valence-corrected chi connectivity index (χ1v) is 12.2. The van der Waals surface area contributed by atoms with Crippen LogP contribution in [-0.4, -0.2) is 32.4 Å². The van der Waals surface area contributed by atoms with E-state index >= 15 is 0 Å². The van der Waals surface area contributed by atoms with Crippen LogP contribution >= 0.6 is 0 Å². The van der Waals surface area contributed by atoms with Crippen LogP contribution in [0.2, 0.25) is 0 Å². The van der Waals surface area contributed by atoms with E-state index in [9.17, 15) is 14.0 Å². The highest BCUT2D eigenvalue weighted by atomic mass is 19.1. The highest BCUT2D eigenvalue weighted by molar-refractivity contribution is 5.96. The number of nitrogens with one attached hydrogen (secondary N) is 1. The summed E-state index contributed by atoms with van der Waals surface area (Å²) in [6, 6.07) is 15.5. The van der Waals surface area contributed by atoms with E-state index in [1.807, 2.05) is 47.1 Å². The summed E-state index contributed by atoms with van der Waals surface area (Å²) in [7, 11) is 0. The largest absolute Gasteiger partial charge is 0.360 e. The van der Waals surface area contributed by atoms with E-state index in [4.69, 9.17) is 4.98 Å². The second-order valence-corrected chi connectivity index (χ2v) is 9.69. The number of hydrogen-bond donors (Lipinski definition) is 1. The molecule has 0 amide bonds. The minimum Gasteiger partial charge on any atom is -0.360 e. The van der Waals surface area contributed by atoms with Crippen LogP contribution in [0.5, 0.6) is 0 Å². The molecule has 0 unspecified atom stereocenters. The highest BCUT2D eigenvalue weighted by Crippen LogP contribution is 2.37. The number of benzene rings is 2. The van der Waals surface area contributed by atoms with Crippen molar-refractivity contribution in [2.75, 3.05) is 13.1 Å². The third kappa shape index (κ3) is 3.84. The number of likely N-dealkylation sites (tertiary alicyclic amines) is 1. The molecule has 6 rings (SSSR count). The summed E-state index contributed by atoms with van der Waals surface area (Å²) in [4.78, 5) is 10.6. The molecule has 36 heavy (non-hydrogen) atoms. The Labute approximate surface area is 207 Å². The van der Waals surface area contributed by atoms with Crippen LogP contribution in [-0.2, 0) is 6.54 Å². The molecule has 5 aromatic rings. The SMILES string of the molecule is CC1CCN(Cc2cn3c(-c4c[nH]c5ccccc45)cc(-c4ccc(F)cc4F)c(C#N)c3n2)CC1. The average Bonchev–Trinajstić information content (AvgIpc) is 3.49. The van der Waals surface area contributed by atoms with Crippen LogP contribution in [0.3, 0.4) is 0 Å². The van der Waals surface area contributed by atoms with Gasteiger partial charge in [-0.3, -0.25) is 9.30 Å². The zero-order chi connectivity index (χ0) is 24.8. The maximum absolute atomic E-state index is 14.9. The van der Waals surface area contributed by atoms with Crippen molar-refractivity contribution >= 4 is 16.6 Å². The van der Waals surface area contributed by atoms with Gasteiger partial charge in [0.1, 0.15) is 23.3 Å². The van der Waals surface area contributed by atoms with E-state index in [1.165, 1.54) is 12.1 Å². The first kappa shape index (κ1) is 22.4. The van der Waals surface area contributed by atoms with Crippen LogP contribution in [0, 0.1) is 28.9 Å². The molecule has 0 saturated carbocycles. The summed E-state index contributed by atoms with van der Waals surface area (Å²) in [5.41, 5.74) is 4.84. The number of nitrogens with zero attached hydrogens (tertiary/aromatic N) is 4. The Hall–Kier alpha value is -4.02. The topological polar surface area (TPSA) is 60.1 Å². The summed E-state index contributed by atoms with van der Waals surface area (Å²) in [6.07, 6.45) is 6.22. The number of rotatable bonds is 4. The van der Waals surface area contributed by atoms with Crippen molar-refractivity contribution in [3.05, 3.63) is 83.8 Å². The summed E-state index contributed by atoms with van der Waals surface area (Å²) < 4.78 is 30.6. The van der Waals surface area contributed by atoms with Gasteiger partial charge < -0.3 is 4.98 Å². The summed E-state index contributed by atoms with van der Waals surface area (Å²) in [5.74, 6) is -0.643. The van der Waals surface area contributed by atoms with Gasteiger partial charge in [-0.2, -0.15) is 5.26 Å². The van der Waals surface area contributed by atoms with Gasteiger partial charge in [0.25, 0.3) is 0 Å². The highest BCUT2D eigenvalue weighted by Gasteiger charge is 2.22. The normalized spacial score (nSPS) is 15.1. The fraction of sp³-hybridized carbons (Fsp3) is 0.241. The van der Waals surface area contributed by atoms with Gasteiger partial charge in [-0.15, -0.1) is 0 Å². The number of imidazole rings is 1. The number of H-pyrrole nitrogens is 1. The Morgan fingerprint density at radius 3 is 2.64 bits per heavy atom. The predicted octanol–water partition coefficient (Wildman–Crippen LogP) is 6.53. The molecule has 0 spiro atoms. The lowest BCUT2D eigenvalue weighted by atomic mass is 9.98. The number of aromatic nitrogens is 3. The van der Waals surface area contributed by atoms with E-state index in [2.05, 4.69) is 22.9 Å². The number of nitriles is 1. The molecule has 5 nitrogen and oxygen atoms in total. The van der Waals surface area contributed by atoms with Crippen molar-refractivity contribution in [3.8, 4) is 28.5 Å². The van der Waals surface area contributed by atoms with E-state index in [0.717, 1.165) is 65.8 Å². The van der Waals surface area contributed by atoms with Gasteiger partial charge in [0, 0.05) is 52.6 Å². The second-order valence-electron chi connectivity index (χ2n) is 9.69. The predicted molar refractivity (Wildman–Crippen MR) is 136 cm³/mol. The lowest BCUT2D eigenvalue weighted by Gasteiger charge is -2.29. The molecule has 1 aliphatic rings. The van der Waals surface area contributed by atoms with Crippen molar-refractivity contribution in [2.24, 2.45) is 5.92 Å². The number of fused-ring (bicyclic) bond motifs is 2. The van der Waals surface area contributed by atoms with E-state index in [1.54, 1.807) is 0 Å². The maximum atomic E-state index is 14.9. The minimum atomic E-state index is -0.713. The van der Waals surface area contributed by atoms with Crippen molar-refractivity contribution < 1.29 is 8.78 Å². The molecular formula is C29H25F2N5. The van der Waals surface area contributed by atoms with Gasteiger partial charge in [-0.05, 0) is 56.1 Å². The Kier molecular flexibility index (Phi) is 5.54. The van der Waals surface area contributed by atoms with Crippen molar-refractivity contribution in [2.45, 2.75) is 26.3 Å². The fourth-order valence-electron chi connectivity index (χ4n) is 5.23. The van der Waals surface area contributed by atoms with Crippen LogP contribution in [0.4, 0.5) is 8.78 Å². The number of para-hydroxylation sites is 1. The third-order valence-electron chi connectivity index (χ3n) is 7.25. The molecule has 0 atom stereocenters. The number of aromatic amines is 1. The minimum absolute atomic E-state index is 0.172. The number of piperidine rings is 1. The van der Waals surface area contributed by atoms with E-state index in [-0.39, 0.29) is 11.1 Å². The summed E-state index contributed by atoms with van der Waals surface area (Å²) >= 11 is 0. The van der Waals surface area contributed by atoms with Gasteiger partial charge in [0.05, 0.1) is 11.4 Å². The number of halogens is 2. The molecule has 1 fully saturated rings. The molecule has 2 aromatic carbocycles. The molecule has 3 aromatic heterocycles. The van der Waals surface area contributed by atoms with Gasteiger partial charge in [0.15, 0.2) is 5.65 Å². The van der Waals surface area contributed by atoms with Gasteiger partial charge in [-0.1, -0.05) is 25.1 Å². The monoisotopic (exact) mass is 481 g/mol. The quantitative estimate of drug-likeness (QED) is 0.317. The Balaban J connectivity index is 1.58. The van der Waals surface area contributed by atoms with E-state index < -0.39 is 11.6 Å². The summed E-state index contributed by atoms with van der Waals surface area (Å²) in [5, 5.41) is 11.2. The lowest BCUT2D eigenvalue weighted by molar-refractivity contribution is 0.183. The Morgan fingerprint density at radius 2 is 1.86 bits per heavy atom. The zero-order valence-electron chi connectivity index (χ0n) is 19.9. The maximum Gasteiger partial charge on any atom is 0.156 e. The molecule has 180 valence electrons. The number of hydrogen-bond acceptors (Lipinski definition) is 3. The molecule has 1 aliphatic heterocycles.